The number of rotatable bonds is 3. The zero-order chi connectivity index (χ0) is 12.3. The maximum absolute atomic E-state index is 5.86. The summed E-state index contributed by atoms with van der Waals surface area (Å²) in [6, 6.07) is 13.3. The summed E-state index contributed by atoms with van der Waals surface area (Å²) in [7, 11) is 0. The molecule has 0 aromatic heterocycles. The van der Waals surface area contributed by atoms with E-state index in [9.17, 15) is 0 Å². The van der Waals surface area contributed by atoms with Gasteiger partial charge in [-0.25, -0.2) is 0 Å². The molecule has 0 amide bonds. The van der Waals surface area contributed by atoms with Crippen LogP contribution in [0, 0.1) is 6.92 Å². The molecular weight excluding hydrogens is 234 g/mol. The van der Waals surface area contributed by atoms with Crippen LogP contribution in [0.25, 0.3) is 0 Å². The Labute approximate surface area is 106 Å². The predicted octanol–water partition coefficient (Wildman–Crippen LogP) is 3.81. The summed E-state index contributed by atoms with van der Waals surface area (Å²) in [5, 5.41) is 0.641. The maximum Gasteiger partial charge on any atom is 0.122 e. The number of para-hydroxylation sites is 1. The van der Waals surface area contributed by atoms with Crippen LogP contribution in [0.5, 0.6) is 5.75 Å². The second-order valence-corrected chi connectivity index (χ2v) is 4.33. The minimum atomic E-state index is 0.452. The number of aryl methyl sites for hydroxylation is 1. The van der Waals surface area contributed by atoms with Gasteiger partial charge in [0.25, 0.3) is 0 Å². The lowest BCUT2D eigenvalue weighted by Crippen LogP contribution is -2.00. The van der Waals surface area contributed by atoms with Crippen molar-refractivity contribution >= 4 is 17.3 Å². The highest BCUT2D eigenvalue weighted by Crippen LogP contribution is 2.22. The van der Waals surface area contributed by atoms with E-state index in [1.165, 1.54) is 0 Å². The lowest BCUT2D eigenvalue weighted by molar-refractivity contribution is 0.305. The van der Waals surface area contributed by atoms with Gasteiger partial charge in [-0.2, -0.15) is 0 Å². The first kappa shape index (κ1) is 11.8. The fourth-order valence-electron chi connectivity index (χ4n) is 1.57. The summed E-state index contributed by atoms with van der Waals surface area (Å²) in [5.74, 6) is 0.877. The average molecular weight is 248 g/mol. The van der Waals surface area contributed by atoms with Crippen molar-refractivity contribution in [1.82, 2.24) is 0 Å². The van der Waals surface area contributed by atoms with E-state index in [-0.39, 0.29) is 0 Å². The monoisotopic (exact) mass is 247 g/mol. The molecule has 0 bridgehead atoms. The van der Waals surface area contributed by atoms with Crippen LogP contribution in [-0.4, -0.2) is 0 Å². The van der Waals surface area contributed by atoms with E-state index in [2.05, 4.69) is 0 Å². The Morgan fingerprint density at radius 1 is 1.18 bits per heavy atom. The first-order valence-electron chi connectivity index (χ1n) is 5.39. The van der Waals surface area contributed by atoms with Crippen LogP contribution >= 0.6 is 11.6 Å². The third-order valence-electron chi connectivity index (χ3n) is 2.58. The Balaban J connectivity index is 2.10. The summed E-state index contributed by atoms with van der Waals surface area (Å²) in [6.07, 6.45) is 0. The van der Waals surface area contributed by atoms with E-state index in [4.69, 9.17) is 22.1 Å². The average Bonchev–Trinajstić information content (AvgIpc) is 2.30. The summed E-state index contributed by atoms with van der Waals surface area (Å²) in [4.78, 5) is 0. The molecule has 2 N–H and O–H groups in total. The minimum absolute atomic E-state index is 0.452. The van der Waals surface area contributed by atoms with Gasteiger partial charge in [0.05, 0.1) is 0 Å². The smallest absolute Gasteiger partial charge is 0.122 e. The van der Waals surface area contributed by atoms with Crippen molar-refractivity contribution in [1.29, 1.82) is 0 Å². The molecule has 0 fully saturated rings. The van der Waals surface area contributed by atoms with Crippen LogP contribution < -0.4 is 10.5 Å². The molecule has 0 saturated carbocycles. The van der Waals surface area contributed by atoms with Crippen molar-refractivity contribution < 1.29 is 4.74 Å². The van der Waals surface area contributed by atoms with E-state index in [1.54, 1.807) is 6.07 Å². The Morgan fingerprint density at radius 2 is 1.94 bits per heavy atom. The number of hydrogen-bond acceptors (Lipinski definition) is 2. The lowest BCUT2D eigenvalue weighted by Gasteiger charge is -2.10. The molecule has 88 valence electrons. The molecule has 0 aliphatic rings. The molecule has 2 aromatic rings. The van der Waals surface area contributed by atoms with Crippen molar-refractivity contribution in [2.45, 2.75) is 13.5 Å². The van der Waals surface area contributed by atoms with Crippen molar-refractivity contribution in [2.24, 2.45) is 0 Å². The number of nitrogens with two attached hydrogens (primary N) is 1. The molecule has 0 radical (unpaired) electrons. The molecule has 2 aromatic carbocycles. The van der Waals surface area contributed by atoms with E-state index < -0.39 is 0 Å². The van der Waals surface area contributed by atoms with Gasteiger partial charge in [-0.1, -0.05) is 35.9 Å². The van der Waals surface area contributed by atoms with Gasteiger partial charge in [-0.3, -0.25) is 0 Å². The molecule has 0 unspecified atom stereocenters. The molecule has 2 nitrogen and oxygen atoms in total. The summed E-state index contributed by atoms with van der Waals surface area (Å²) >= 11 is 5.84. The van der Waals surface area contributed by atoms with Crippen LogP contribution in [0.3, 0.4) is 0 Å². The molecule has 0 saturated heterocycles. The fraction of sp³-hybridized carbons (Fsp3) is 0.143. The molecule has 17 heavy (non-hydrogen) atoms. The second-order valence-electron chi connectivity index (χ2n) is 3.90. The molecule has 0 aliphatic carbocycles. The number of nitrogen functional groups attached to an aromatic ring is 1. The van der Waals surface area contributed by atoms with E-state index in [1.807, 2.05) is 43.3 Å². The van der Waals surface area contributed by atoms with Crippen LogP contribution in [-0.2, 0) is 6.61 Å². The highest BCUT2D eigenvalue weighted by Gasteiger charge is 2.02. The largest absolute Gasteiger partial charge is 0.489 e. The van der Waals surface area contributed by atoms with Crippen molar-refractivity contribution in [3.8, 4) is 5.75 Å². The van der Waals surface area contributed by atoms with Gasteiger partial charge in [0.2, 0.25) is 0 Å². The normalized spacial score (nSPS) is 10.2. The van der Waals surface area contributed by atoms with Crippen LogP contribution in [0.1, 0.15) is 11.1 Å². The molecule has 3 heteroatoms. The van der Waals surface area contributed by atoms with E-state index in [0.717, 1.165) is 16.9 Å². The van der Waals surface area contributed by atoms with E-state index in [0.29, 0.717) is 17.3 Å². The zero-order valence-corrected chi connectivity index (χ0v) is 10.4. The quantitative estimate of drug-likeness (QED) is 0.837. The molecule has 0 atom stereocenters. The topological polar surface area (TPSA) is 35.2 Å². The zero-order valence-electron chi connectivity index (χ0n) is 9.61. The summed E-state index contributed by atoms with van der Waals surface area (Å²) in [5.41, 5.74) is 8.57. The Bertz CT molecular complexity index is 525. The Hall–Kier alpha value is -1.67. The van der Waals surface area contributed by atoms with Crippen molar-refractivity contribution in [3.05, 3.63) is 58.6 Å². The molecule has 0 heterocycles. The Morgan fingerprint density at radius 3 is 2.65 bits per heavy atom. The van der Waals surface area contributed by atoms with E-state index >= 15 is 0 Å². The second kappa shape index (κ2) is 5.11. The van der Waals surface area contributed by atoms with Gasteiger partial charge in [0.1, 0.15) is 12.4 Å². The number of halogens is 1. The first-order valence-corrected chi connectivity index (χ1v) is 5.77. The summed E-state index contributed by atoms with van der Waals surface area (Å²) < 4.78 is 5.72. The number of anilines is 1. The number of hydrogen-bond donors (Lipinski definition) is 1. The SMILES string of the molecule is Cc1ccccc1OCc1ccc(Cl)cc1N. The van der Waals surface area contributed by atoms with Crippen LogP contribution in [0.2, 0.25) is 5.02 Å². The van der Waals surface area contributed by atoms with Gasteiger partial charge >= 0.3 is 0 Å². The van der Waals surface area contributed by atoms with Crippen molar-refractivity contribution in [2.75, 3.05) is 5.73 Å². The molecule has 0 spiro atoms. The van der Waals surface area contributed by atoms with Gasteiger partial charge in [0, 0.05) is 16.3 Å². The molecular formula is C14H14ClNO. The first-order chi connectivity index (χ1) is 8.16. The highest BCUT2D eigenvalue weighted by molar-refractivity contribution is 6.30. The van der Waals surface area contributed by atoms with Gasteiger partial charge in [-0.15, -0.1) is 0 Å². The fourth-order valence-corrected chi connectivity index (χ4v) is 1.75. The van der Waals surface area contributed by atoms with Gasteiger partial charge in [0.15, 0.2) is 0 Å². The highest BCUT2D eigenvalue weighted by atomic mass is 35.5. The summed E-state index contributed by atoms with van der Waals surface area (Å²) in [6.45, 7) is 2.47. The number of benzene rings is 2. The predicted molar refractivity (Wildman–Crippen MR) is 71.4 cm³/mol. The maximum atomic E-state index is 5.86. The molecule has 2 rings (SSSR count). The third kappa shape index (κ3) is 2.92. The molecule has 0 aliphatic heterocycles. The van der Waals surface area contributed by atoms with Gasteiger partial charge in [-0.05, 0) is 30.7 Å². The van der Waals surface area contributed by atoms with Gasteiger partial charge < -0.3 is 10.5 Å². The Kier molecular flexibility index (Phi) is 3.55. The third-order valence-corrected chi connectivity index (χ3v) is 2.82. The number of ether oxygens (including phenoxy) is 1. The van der Waals surface area contributed by atoms with Crippen molar-refractivity contribution in [3.63, 3.8) is 0 Å². The lowest BCUT2D eigenvalue weighted by atomic mass is 10.2. The standard InChI is InChI=1S/C14H14ClNO/c1-10-4-2-3-5-14(10)17-9-11-6-7-12(15)8-13(11)16/h2-8H,9,16H2,1H3. The van der Waals surface area contributed by atoms with Crippen LogP contribution in [0.4, 0.5) is 5.69 Å². The minimum Gasteiger partial charge on any atom is -0.489 e. The van der Waals surface area contributed by atoms with Crippen LogP contribution in [0.15, 0.2) is 42.5 Å².